The van der Waals surface area contributed by atoms with Crippen molar-refractivity contribution in [2.24, 2.45) is 0 Å². The lowest BCUT2D eigenvalue weighted by atomic mass is 10.1. The molecule has 0 saturated heterocycles. The van der Waals surface area contributed by atoms with E-state index in [2.05, 4.69) is 0 Å². The number of aryl methyl sites for hydroxylation is 2. The molecule has 130 valence electrons. The summed E-state index contributed by atoms with van der Waals surface area (Å²) < 4.78 is 30.4. The fourth-order valence-corrected chi connectivity index (χ4v) is 5.54. The number of ether oxygens (including phenoxy) is 1. The quantitative estimate of drug-likeness (QED) is 0.581. The van der Waals surface area contributed by atoms with Crippen molar-refractivity contribution in [3.8, 4) is 6.07 Å². The van der Waals surface area contributed by atoms with E-state index >= 15 is 0 Å². The smallest absolute Gasteiger partial charge is 0.327 e. The molecule has 0 bridgehead atoms. The second kappa shape index (κ2) is 7.35. The molecule has 0 atom stereocenters. The molecular weight excluding hydrogens is 326 g/mol. The number of carbonyl (C=O) groups excluding carboxylic acids is 1. The second-order valence-electron chi connectivity index (χ2n) is 6.37. The van der Waals surface area contributed by atoms with Gasteiger partial charge in [0.1, 0.15) is 0 Å². The molecule has 0 amide bonds. The molecule has 0 heterocycles. The zero-order valence-electron chi connectivity index (χ0n) is 14.2. The molecule has 2 rings (SSSR count). The molecule has 0 N–H and O–H groups in total. The molecule has 1 saturated carbocycles. The minimum absolute atomic E-state index is 0.0798. The lowest BCUT2D eigenvalue weighted by molar-refractivity contribution is -0.146. The first-order valence-electron chi connectivity index (χ1n) is 8.21. The van der Waals surface area contributed by atoms with E-state index in [0.29, 0.717) is 37.7 Å². The Hall–Kier alpha value is -1.87. The summed E-state index contributed by atoms with van der Waals surface area (Å²) in [7, 11) is -3.83. The third-order valence-electron chi connectivity index (χ3n) is 4.60. The molecule has 0 unspecified atom stereocenters. The molecule has 0 radical (unpaired) electrons. The van der Waals surface area contributed by atoms with Gasteiger partial charge in [0.2, 0.25) is 0 Å². The highest BCUT2D eigenvalue weighted by Crippen LogP contribution is 2.42. The molecule has 1 aliphatic carbocycles. The maximum atomic E-state index is 13.3. The van der Waals surface area contributed by atoms with Gasteiger partial charge >= 0.3 is 5.97 Å². The van der Waals surface area contributed by atoms with Gasteiger partial charge in [-0.1, -0.05) is 25.0 Å². The highest BCUT2D eigenvalue weighted by molar-refractivity contribution is 7.93. The zero-order valence-corrected chi connectivity index (χ0v) is 15.0. The SMILES string of the molecule is Cc1ccc(C)c(S(=O)(=O)C2(C(=O)OCCCC#N)CCCC2)c1. The van der Waals surface area contributed by atoms with Crippen molar-refractivity contribution in [2.75, 3.05) is 6.61 Å². The molecule has 1 aliphatic rings. The third-order valence-corrected chi connectivity index (χ3v) is 7.22. The number of nitriles is 1. The first-order chi connectivity index (χ1) is 11.3. The van der Waals surface area contributed by atoms with Gasteiger partial charge in [-0.3, -0.25) is 4.79 Å². The van der Waals surface area contributed by atoms with Gasteiger partial charge in [-0.2, -0.15) is 5.26 Å². The molecule has 1 aromatic carbocycles. The monoisotopic (exact) mass is 349 g/mol. The molecule has 0 spiro atoms. The van der Waals surface area contributed by atoms with Crippen LogP contribution >= 0.6 is 0 Å². The van der Waals surface area contributed by atoms with E-state index in [1.807, 2.05) is 19.1 Å². The maximum absolute atomic E-state index is 13.3. The van der Waals surface area contributed by atoms with Crippen molar-refractivity contribution < 1.29 is 17.9 Å². The Morgan fingerprint density at radius 3 is 2.58 bits per heavy atom. The number of esters is 1. The predicted molar refractivity (Wildman–Crippen MR) is 90.1 cm³/mol. The van der Waals surface area contributed by atoms with E-state index in [1.54, 1.807) is 19.1 Å². The molecule has 1 aromatic rings. The van der Waals surface area contributed by atoms with Crippen molar-refractivity contribution in [3.63, 3.8) is 0 Å². The van der Waals surface area contributed by atoms with Gasteiger partial charge < -0.3 is 4.74 Å². The first-order valence-corrected chi connectivity index (χ1v) is 9.69. The fraction of sp³-hybridized carbons (Fsp3) is 0.556. The van der Waals surface area contributed by atoms with Gasteiger partial charge in [-0.05, 0) is 50.3 Å². The standard InChI is InChI=1S/C18H23NO4S/c1-14-7-8-15(2)16(13-14)24(21,22)18(9-3-4-10-18)17(20)23-12-6-5-11-19/h7-8,13H,3-6,9-10,12H2,1-2H3. The maximum Gasteiger partial charge on any atom is 0.327 e. The summed E-state index contributed by atoms with van der Waals surface area (Å²) in [6, 6.07) is 7.24. The van der Waals surface area contributed by atoms with Gasteiger partial charge in [0.05, 0.1) is 17.6 Å². The molecule has 5 nitrogen and oxygen atoms in total. The Balaban J connectivity index is 2.37. The van der Waals surface area contributed by atoms with Crippen molar-refractivity contribution >= 4 is 15.8 Å². The van der Waals surface area contributed by atoms with Gasteiger partial charge in [-0.15, -0.1) is 0 Å². The molecule has 1 fully saturated rings. The average molecular weight is 349 g/mol. The van der Waals surface area contributed by atoms with Crippen molar-refractivity contribution in [1.29, 1.82) is 5.26 Å². The Kier molecular flexibility index (Phi) is 5.66. The van der Waals surface area contributed by atoms with Gasteiger partial charge in [-0.25, -0.2) is 8.42 Å². The number of rotatable bonds is 6. The summed E-state index contributed by atoms with van der Waals surface area (Å²) in [6.07, 6.45) is 2.67. The molecule has 0 aromatic heterocycles. The van der Waals surface area contributed by atoms with Crippen molar-refractivity contribution in [1.82, 2.24) is 0 Å². The van der Waals surface area contributed by atoms with E-state index in [9.17, 15) is 13.2 Å². The predicted octanol–water partition coefficient (Wildman–Crippen LogP) is 3.24. The van der Waals surface area contributed by atoms with Crippen LogP contribution in [0.25, 0.3) is 0 Å². The van der Waals surface area contributed by atoms with Crippen LogP contribution in [0, 0.1) is 25.2 Å². The molecular formula is C18H23NO4S. The molecule has 24 heavy (non-hydrogen) atoms. The lowest BCUT2D eigenvalue weighted by Gasteiger charge is -2.27. The number of hydrogen-bond acceptors (Lipinski definition) is 5. The summed E-state index contributed by atoms with van der Waals surface area (Å²) in [5, 5.41) is 8.54. The van der Waals surface area contributed by atoms with E-state index < -0.39 is 20.6 Å². The summed E-state index contributed by atoms with van der Waals surface area (Å²) >= 11 is 0. The van der Waals surface area contributed by atoms with Crippen LogP contribution in [-0.4, -0.2) is 25.7 Å². The number of hydrogen-bond donors (Lipinski definition) is 0. The van der Waals surface area contributed by atoms with Crippen LogP contribution < -0.4 is 0 Å². The number of sulfone groups is 1. The van der Waals surface area contributed by atoms with Gasteiger partial charge in [0, 0.05) is 6.42 Å². The number of unbranched alkanes of at least 4 members (excludes halogenated alkanes) is 1. The highest BCUT2D eigenvalue weighted by atomic mass is 32.2. The van der Waals surface area contributed by atoms with E-state index in [-0.39, 0.29) is 17.9 Å². The van der Waals surface area contributed by atoms with E-state index in [1.165, 1.54) is 0 Å². The minimum Gasteiger partial charge on any atom is -0.464 e. The summed E-state index contributed by atoms with van der Waals surface area (Å²) in [4.78, 5) is 12.9. The summed E-state index contributed by atoms with van der Waals surface area (Å²) in [6.45, 7) is 3.66. The highest BCUT2D eigenvalue weighted by Gasteiger charge is 2.54. The van der Waals surface area contributed by atoms with Crippen LogP contribution in [0.5, 0.6) is 0 Å². The Morgan fingerprint density at radius 1 is 1.29 bits per heavy atom. The number of carbonyl (C=O) groups is 1. The lowest BCUT2D eigenvalue weighted by Crippen LogP contribution is -2.45. The average Bonchev–Trinajstić information content (AvgIpc) is 3.05. The van der Waals surface area contributed by atoms with Gasteiger partial charge in [0.25, 0.3) is 0 Å². The summed E-state index contributed by atoms with van der Waals surface area (Å²) in [5.74, 6) is -0.668. The summed E-state index contributed by atoms with van der Waals surface area (Å²) in [5.41, 5.74) is 1.49. The van der Waals surface area contributed by atoms with Crippen LogP contribution in [0.1, 0.15) is 49.7 Å². The zero-order chi connectivity index (χ0) is 17.8. The van der Waals surface area contributed by atoms with Crippen LogP contribution in [0.2, 0.25) is 0 Å². The Labute approximate surface area is 143 Å². The Bertz CT molecular complexity index is 756. The van der Waals surface area contributed by atoms with Crippen molar-refractivity contribution in [2.45, 2.75) is 62.0 Å². The normalized spacial score (nSPS) is 16.5. The van der Waals surface area contributed by atoms with E-state index in [4.69, 9.17) is 10.00 Å². The number of nitrogens with zero attached hydrogens (tertiary/aromatic N) is 1. The van der Waals surface area contributed by atoms with Crippen LogP contribution in [0.15, 0.2) is 23.1 Å². The fourth-order valence-electron chi connectivity index (χ4n) is 3.18. The van der Waals surface area contributed by atoms with Crippen molar-refractivity contribution in [3.05, 3.63) is 29.3 Å². The molecule has 6 heteroatoms. The van der Waals surface area contributed by atoms with Gasteiger partial charge in [0.15, 0.2) is 14.6 Å². The molecule has 0 aliphatic heterocycles. The third kappa shape index (κ3) is 3.32. The van der Waals surface area contributed by atoms with E-state index in [0.717, 1.165) is 5.56 Å². The Morgan fingerprint density at radius 2 is 1.96 bits per heavy atom. The van der Waals surface area contributed by atoms with Crippen LogP contribution in [-0.2, 0) is 19.4 Å². The first kappa shape index (κ1) is 18.5. The van der Waals surface area contributed by atoms with Crippen LogP contribution in [0.3, 0.4) is 0 Å². The second-order valence-corrected chi connectivity index (χ2v) is 8.60. The number of benzene rings is 1. The topological polar surface area (TPSA) is 84.2 Å². The minimum atomic E-state index is -3.83. The van der Waals surface area contributed by atoms with Crippen LogP contribution in [0.4, 0.5) is 0 Å². The largest absolute Gasteiger partial charge is 0.464 e.